The minimum Gasteiger partial charge on any atom is -0.373 e. The summed E-state index contributed by atoms with van der Waals surface area (Å²) < 4.78 is 0. The lowest BCUT2D eigenvalue weighted by atomic mass is 9.98. The standard InChI is InChI=1S/C26H29N5O/c1-3-25(32)31-15-14-29(17-22(31)10-12-27)16-21-11-13-30(18-23(21)28)24-9-5-8-20-7-4-6-19(2)26(20)24/h3-9,16,22,28H,1,10-11,13-15,17-18H2,2H3/b21-16+,28-23?/t22-/m0/s1. The third kappa shape index (κ3) is 4.24. The highest BCUT2D eigenvalue weighted by molar-refractivity contribution is 6.04. The number of aryl methyl sites for hydroxylation is 1. The molecule has 6 heteroatoms. The Morgan fingerprint density at radius 3 is 2.75 bits per heavy atom. The maximum Gasteiger partial charge on any atom is 0.246 e. The van der Waals surface area contributed by atoms with Gasteiger partial charge in [0.2, 0.25) is 5.91 Å². The van der Waals surface area contributed by atoms with Gasteiger partial charge in [-0.05, 0) is 42.0 Å². The molecule has 0 bridgehead atoms. The number of rotatable bonds is 4. The molecule has 32 heavy (non-hydrogen) atoms. The van der Waals surface area contributed by atoms with E-state index in [9.17, 15) is 10.1 Å². The van der Waals surface area contributed by atoms with Gasteiger partial charge in [0.15, 0.2) is 0 Å². The zero-order valence-electron chi connectivity index (χ0n) is 18.6. The first-order valence-electron chi connectivity index (χ1n) is 11.1. The van der Waals surface area contributed by atoms with Crippen LogP contribution in [0.15, 0.2) is 60.8 Å². The number of amides is 1. The highest BCUT2D eigenvalue weighted by Gasteiger charge is 2.29. The van der Waals surface area contributed by atoms with Gasteiger partial charge in [0.05, 0.1) is 30.8 Å². The molecule has 164 valence electrons. The summed E-state index contributed by atoms with van der Waals surface area (Å²) in [6.07, 6.45) is 4.49. The molecule has 1 atom stereocenters. The monoisotopic (exact) mass is 427 g/mol. The average molecular weight is 428 g/mol. The van der Waals surface area contributed by atoms with Gasteiger partial charge >= 0.3 is 0 Å². The number of hydrogen-bond acceptors (Lipinski definition) is 5. The molecule has 2 saturated heterocycles. The lowest BCUT2D eigenvalue weighted by Gasteiger charge is -2.40. The molecule has 6 nitrogen and oxygen atoms in total. The largest absolute Gasteiger partial charge is 0.373 e. The predicted molar refractivity (Wildman–Crippen MR) is 129 cm³/mol. The first-order valence-corrected chi connectivity index (χ1v) is 11.1. The molecular weight excluding hydrogens is 398 g/mol. The average Bonchev–Trinajstić information content (AvgIpc) is 2.80. The van der Waals surface area contributed by atoms with Gasteiger partial charge in [-0.2, -0.15) is 5.26 Å². The molecule has 2 aliphatic heterocycles. The Bertz CT molecular complexity index is 1120. The molecule has 2 aromatic rings. The van der Waals surface area contributed by atoms with Crippen molar-refractivity contribution in [3.05, 3.63) is 66.4 Å². The summed E-state index contributed by atoms with van der Waals surface area (Å²) in [4.78, 5) is 18.3. The van der Waals surface area contributed by atoms with E-state index in [-0.39, 0.29) is 11.9 Å². The summed E-state index contributed by atoms with van der Waals surface area (Å²) in [6, 6.07) is 14.8. The third-order valence-corrected chi connectivity index (χ3v) is 6.46. The number of nitriles is 1. The Hall–Kier alpha value is -3.59. The minimum atomic E-state index is -0.149. The van der Waals surface area contributed by atoms with Crippen molar-refractivity contribution in [3.8, 4) is 6.07 Å². The van der Waals surface area contributed by atoms with Gasteiger partial charge in [-0.25, -0.2) is 0 Å². The Kier molecular flexibility index (Phi) is 6.27. The van der Waals surface area contributed by atoms with Crippen LogP contribution in [0.2, 0.25) is 0 Å². The van der Waals surface area contributed by atoms with Crippen molar-refractivity contribution in [2.75, 3.05) is 37.6 Å². The Labute approximate surface area is 189 Å². The summed E-state index contributed by atoms with van der Waals surface area (Å²) >= 11 is 0. The fraction of sp³-hybridized carbons (Fsp3) is 0.346. The van der Waals surface area contributed by atoms with Crippen molar-refractivity contribution in [3.63, 3.8) is 0 Å². The fourth-order valence-electron chi connectivity index (χ4n) is 4.80. The van der Waals surface area contributed by atoms with Crippen molar-refractivity contribution in [1.82, 2.24) is 9.80 Å². The van der Waals surface area contributed by atoms with Crippen LogP contribution in [0.1, 0.15) is 18.4 Å². The number of carbonyl (C=O) groups is 1. The van der Waals surface area contributed by atoms with E-state index in [1.54, 1.807) is 4.90 Å². The zero-order chi connectivity index (χ0) is 22.7. The molecule has 0 spiro atoms. The number of piperazine rings is 1. The highest BCUT2D eigenvalue weighted by atomic mass is 16.2. The maximum atomic E-state index is 12.1. The van der Waals surface area contributed by atoms with Crippen LogP contribution in [0.5, 0.6) is 0 Å². The van der Waals surface area contributed by atoms with Crippen LogP contribution in [0.4, 0.5) is 5.69 Å². The van der Waals surface area contributed by atoms with Crippen molar-refractivity contribution in [2.24, 2.45) is 0 Å². The van der Waals surface area contributed by atoms with E-state index in [0.29, 0.717) is 38.3 Å². The number of anilines is 1. The second-order valence-electron chi connectivity index (χ2n) is 8.50. The summed E-state index contributed by atoms with van der Waals surface area (Å²) in [5.41, 5.74) is 4.11. The van der Waals surface area contributed by atoms with E-state index in [1.165, 1.54) is 28.1 Å². The number of hydrogen-bond donors (Lipinski definition) is 1. The topological polar surface area (TPSA) is 74.4 Å². The van der Waals surface area contributed by atoms with Crippen molar-refractivity contribution in [1.29, 1.82) is 10.7 Å². The smallest absolute Gasteiger partial charge is 0.246 e. The fourth-order valence-corrected chi connectivity index (χ4v) is 4.80. The van der Waals surface area contributed by atoms with Gasteiger partial charge in [0, 0.05) is 43.5 Å². The van der Waals surface area contributed by atoms with Crippen molar-refractivity contribution in [2.45, 2.75) is 25.8 Å². The lowest BCUT2D eigenvalue weighted by Crippen LogP contribution is -2.53. The van der Waals surface area contributed by atoms with E-state index >= 15 is 0 Å². The SMILES string of the molecule is C=CC(=O)N1CCN(/C=C2\CCN(c3cccc4cccc(C)c34)CC2=N)C[C@@H]1CC#N. The summed E-state index contributed by atoms with van der Waals surface area (Å²) in [5, 5.41) is 20.4. The Balaban J connectivity index is 1.49. The summed E-state index contributed by atoms with van der Waals surface area (Å²) in [5.74, 6) is -0.121. The molecule has 2 fully saturated rings. The van der Waals surface area contributed by atoms with Gasteiger partial charge in [-0.3, -0.25) is 4.79 Å². The normalized spacial score (nSPS) is 20.5. The highest BCUT2D eigenvalue weighted by Crippen LogP contribution is 2.32. The van der Waals surface area contributed by atoms with Crippen molar-refractivity contribution < 1.29 is 4.79 Å². The lowest BCUT2D eigenvalue weighted by molar-refractivity contribution is -0.130. The molecular formula is C26H29N5O. The third-order valence-electron chi connectivity index (χ3n) is 6.46. The van der Waals surface area contributed by atoms with Gasteiger partial charge in [0.25, 0.3) is 0 Å². The maximum absolute atomic E-state index is 12.1. The predicted octanol–water partition coefficient (Wildman–Crippen LogP) is 3.87. The molecule has 2 heterocycles. The Morgan fingerprint density at radius 2 is 2.03 bits per heavy atom. The van der Waals surface area contributed by atoms with Gasteiger partial charge in [0.1, 0.15) is 0 Å². The minimum absolute atomic E-state index is 0.121. The van der Waals surface area contributed by atoms with Gasteiger partial charge in [-0.1, -0.05) is 36.9 Å². The molecule has 1 amide bonds. The number of benzene rings is 2. The van der Waals surface area contributed by atoms with Crippen LogP contribution >= 0.6 is 0 Å². The Morgan fingerprint density at radius 1 is 1.25 bits per heavy atom. The van der Waals surface area contributed by atoms with E-state index < -0.39 is 0 Å². The zero-order valence-corrected chi connectivity index (χ0v) is 18.6. The van der Waals surface area contributed by atoms with Crippen LogP contribution in [0.25, 0.3) is 10.8 Å². The molecule has 0 saturated carbocycles. The molecule has 1 N–H and O–H groups in total. The van der Waals surface area contributed by atoms with Crippen LogP contribution in [0.3, 0.4) is 0 Å². The number of carbonyl (C=O) groups excluding carboxylic acids is 1. The first kappa shape index (κ1) is 21.6. The molecule has 0 radical (unpaired) electrons. The number of nitrogens with zero attached hydrogens (tertiary/aromatic N) is 4. The second-order valence-corrected chi connectivity index (χ2v) is 8.50. The van der Waals surface area contributed by atoms with Gasteiger partial charge in [-0.15, -0.1) is 0 Å². The van der Waals surface area contributed by atoms with E-state index in [2.05, 4.69) is 72.0 Å². The molecule has 2 aliphatic rings. The number of fused-ring (bicyclic) bond motifs is 1. The first-order chi connectivity index (χ1) is 15.5. The molecule has 2 aromatic carbocycles. The van der Waals surface area contributed by atoms with E-state index in [4.69, 9.17) is 5.41 Å². The van der Waals surface area contributed by atoms with E-state index in [1.807, 2.05) is 0 Å². The number of nitrogens with one attached hydrogen (secondary N) is 1. The molecule has 4 rings (SSSR count). The van der Waals surface area contributed by atoms with Crippen LogP contribution in [-0.2, 0) is 4.79 Å². The van der Waals surface area contributed by atoms with Crippen molar-refractivity contribution >= 4 is 28.1 Å². The van der Waals surface area contributed by atoms with Gasteiger partial charge < -0.3 is 20.1 Å². The number of piperidine rings is 1. The summed E-state index contributed by atoms with van der Waals surface area (Å²) in [7, 11) is 0. The van der Waals surface area contributed by atoms with Crippen LogP contribution in [0, 0.1) is 23.7 Å². The quantitative estimate of drug-likeness (QED) is 0.752. The molecule has 0 aromatic heterocycles. The van der Waals surface area contributed by atoms with Crippen LogP contribution < -0.4 is 4.90 Å². The van der Waals surface area contributed by atoms with Crippen LogP contribution in [-0.4, -0.2) is 60.2 Å². The second kappa shape index (κ2) is 9.27. The molecule has 0 unspecified atom stereocenters. The molecule has 0 aliphatic carbocycles. The van der Waals surface area contributed by atoms with E-state index in [0.717, 1.165) is 18.5 Å². The summed E-state index contributed by atoms with van der Waals surface area (Å²) in [6.45, 7) is 9.03.